The predicted octanol–water partition coefficient (Wildman–Crippen LogP) is 4.17. The van der Waals surface area contributed by atoms with Crippen LogP contribution in [0, 0.1) is 6.92 Å². The van der Waals surface area contributed by atoms with Gasteiger partial charge in [0, 0.05) is 12.2 Å². The van der Waals surface area contributed by atoms with Gasteiger partial charge in [-0.25, -0.2) is 4.79 Å². The Morgan fingerprint density at radius 2 is 1.87 bits per heavy atom. The molecular weight excluding hydrogens is 420 g/mol. The number of furan rings is 1. The Morgan fingerprint density at radius 3 is 2.52 bits per heavy atom. The molecule has 0 aliphatic heterocycles. The lowest BCUT2D eigenvalue weighted by atomic mass is 10.2. The quantitative estimate of drug-likeness (QED) is 0.524. The van der Waals surface area contributed by atoms with Crippen LogP contribution < -0.4 is 14.2 Å². The maximum atomic E-state index is 13.0. The zero-order valence-electron chi connectivity index (χ0n) is 17.5. The average Bonchev–Trinajstić information content (AvgIpc) is 3.19. The number of hydrogen-bond donors (Lipinski definition) is 1. The molecule has 1 N–H and O–H groups in total. The summed E-state index contributed by atoms with van der Waals surface area (Å²) in [5, 5.41) is 2.88. The highest BCUT2D eigenvalue weighted by Gasteiger charge is 2.18. The summed E-state index contributed by atoms with van der Waals surface area (Å²) in [7, 11) is -2.33. The minimum absolute atomic E-state index is 0.0551. The molecule has 9 heteroatoms. The van der Waals surface area contributed by atoms with Crippen molar-refractivity contribution in [2.45, 2.75) is 20.0 Å². The molecule has 8 nitrogen and oxygen atoms in total. The number of nitrogens with zero attached hydrogens (tertiary/aromatic N) is 1. The summed E-state index contributed by atoms with van der Waals surface area (Å²) in [6, 6.07) is 15.5. The van der Waals surface area contributed by atoms with Gasteiger partial charge in [0.2, 0.25) is 0 Å². The molecule has 0 spiro atoms. The van der Waals surface area contributed by atoms with Crippen LogP contribution in [0.25, 0.3) is 0 Å². The number of ether oxygens (including phenoxy) is 1. The molecular formula is C22H24N2O6S. The molecule has 31 heavy (non-hydrogen) atoms. The van der Waals surface area contributed by atoms with Gasteiger partial charge in [-0.3, -0.25) is 0 Å². The van der Waals surface area contributed by atoms with Crippen LogP contribution in [0.3, 0.4) is 0 Å². The number of anilines is 1. The fourth-order valence-corrected chi connectivity index (χ4v) is 3.44. The van der Waals surface area contributed by atoms with E-state index < -0.39 is 10.1 Å². The molecule has 0 aliphatic rings. The summed E-state index contributed by atoms with van der Waals surface area (Å²) in [6.45, 7) is 2.35. The van der Waals surface area contributed by atoms with Crippen molar-refractivity contribution >= 4 is 21.8 Å². The first kappa shape index (κ1) is 22.2. The fourth-order valence-electron chi connectivity index (χ4n) is 2.98. The Hall–Kier alpha value is -3.46. The van der Waals surface area contributed by atoms with Gasteiger partial charge >= 0.3 is 16.1 Å². The van der Waals surface area contributed by atoms with E-state index in [1.807, 2.05) is 25.1 Å². The largest absolute Gasteiger partial charge is 0.493 e. The van der Waals surface area contributed by atoms with Gasteiger partial charge in [0.25, 0.3) is 0 Å². The van der Waals surface area contributed by atoms with E-state index in [-0.39, 0.29) is 30.6 Å². The van der Waals surface area contributed by atoms with E-state index in [0.29, 0.717) is 17.0 Å². The van der Waals surface area contributed by atoms with E-state index in [4.69, 9.17) is 13.3 Å². The van der Waals surface area contributed by atoms with E-state index in [1.54, 1.807) is 35.2 Å². The summed E-state index contributed by atoms with van der Waals surface area (Å²) >= 11 is 0. The third-order valence-electron chi connectivity index (χ3n) is 4.33. The molecule has 0 atom stereocenters. The number of aryl methyl sites for hydroxylation is 1. The SMILES string of the molecule is COc1ccc(CN(Cc2ccco2)C(=O)Nc2cccc(C)c2)cc1OS(C)(=O)=O. The second-order valence-corrected chi connectivity index (χ2v) is 8.58. The number of methoxy groups -OCH3 is 1. The molecule has 0 unspecified atom stereocenters. The maximum Gasteiger partial charge on any atom is 0.322 e. The Bertz CT molecular complexity index is 1140. The molecule has 3 aromatic rings. The van der Waals surface area contributed by atoms with E-state index in [0.717, 1.165) is 11.8 Å². The second-order valence-electron chi connectivity index (χ2n) is 7.01. The van der Waals surface area contributed by atoms with Gasteiger partial charge in [-0.15, -0.1) is 0 Å². The molecule has 0 radical (unpaired) electrons. The minimum Gasteiger partial charge on any atom is -0.493 e. The first-order valence-electron chi connectivity index (χ1n) is 9.45. The van der Waals surface area contributed by atoms with Crippen molar-refractivity contribution in [2.24, 2.45) is 0 Å². The molecule has 1 aromatic heterocycles. The van der Waals surface area contributed by atoms with Gasteiger partial charge in [0.1, 0.15) is 5.76 Å². The summed E-state index contributed by atoms with van der Waals surface area (Å²) in [5.41, 5.74) is 2.35. The number of carbonyl (C=O) groups excluding carboxylic acids is 1. The third-order valence-corrected chi connectivity index (χ3v) is 4.81. The number of amides is 2. The van der Waals surface area contributed by atoms with Crippen molar-refractivity contribution in [3.8, 4) is 11.5 Å². The van der Waals surface area contributed by atoms with Crippen molar-refractivity contribution in [3.63, 3.8) is 0 Å². The summed E-state index contributed by atoms with van der Waals surface area (Å²) < 4.78 is 38.8. The smallest absolute Gasteiger partial charge is 0.322 e. The first-order valence-corrected chi connectivity index (χ1v) is 11.3. The van der Waals surface area contributed by atoms with Gasteiger partial charge < -0.3 is 23.6 Å². The lowest BCUT2D eigenvalue weighted by molar-refractivity contribution is 0.201. The van der Waals surface area contributed by atoms with Crippen LogP contribution in [0.5, 0.6) is 11.5 Å². The molecule has 0 aliphatic carbocycles. The Labute approximate surface area is 181 Å². The average molecular weight is 445 g/mol. The molecule has 2 amide bonds. The van der Waals surface area contributed by atoms with Crippen LogP contribution in [0.2, 0.25) is 0 Å². The number of rotatable bonds is 8. The zero-order chi connectivity index (χ0) is 22.4. The van der Waals surface area contributed by atoms with Gasteiger partial charge in [-0.1, -0.05) is 18.2 Å². The van der Waals surface area contributed by atoms with Crippen LogP contribution in [-0.4, -0.2) is 32.7 Å². The van der Waals surface area contributed by atoms with Gasteiger partial charge in [-0.05, 0) is 54.4 Å². The second kappa shape index (κ2) is 9.57. The summed E-state index contributed by atoms with van der Waals surface area (Å²) in [4.78, 5) is 14.6. The van der Waals surface area contributed by atoms with Crippen molar-refractivity contribution in [3.05, 3.63) is 77.7 Å². The summed E-state index contributed by atoms with van der Waals surface area (Å²) in [6.07, 6.45) is 2.50. The highest BCUT2D eigenvalue weighted by Crippen LogP contribution is 2.30. The Balaban J connectivity index is 1.85. The highest BCUT2D eigenvalue weighted by molar-refractivity contribution is 7.86. The van der Waals surface area contributed by atoms with Gasteiger partial charge in [0.05, 0.1) is 26.2 Å². The maximum absolute atomic E-state index is 13.0. The molecule has 0 saturated carbocycles. The number of nitrogens with one attached hydrogen (secondary N) is 1. The van der Waals surface area contributed by atoms with Crippen molar-refractivity contribution in [1.29, 1.82) is 0 Å². The minimum atomic E-state index is -3.75. The molecule has 3 rings (SSSR count). The van der Waals surface area contributed by atoms with Gasteiger partial charge in [-0.2, -0.15) is 8.42 Å². The third kappa shape index (κ3) is 6.51. The topological polar surface area (TPSA) is 98.1 Å². The number of urea groups is 1. The van der Waals surface area contributed by atoms with Crippen LogP contribution in [0.4, 0.5) is 10.5 Å². The lowest BCUT2D eigenvalue weighted by Crippen LogP contribution is -2.34. The lowest BCUT2D eigenvalue weighted by Gasteiger charge is -2.23. The first-order chi connectivity index (χ1) is 14.7. The fraction of sp³-hybridized carbons (Fsp3) is 0.227. The van der Waals surface area contributed by atoms with Crippen LogP contribution in [0.15, 0.2) is 65.3 Å². The molecule has 2 aromatic carbocycles. The highest BCUT2D eigenvalue weighted by atomic mass is 32.2. The standard InChI is InChI=1S/C22H24N2O6S/c1-16-6-4-7-18(12-16)23-22(25)24(15-19-8-5-11-29-19)14-17-9-10-20(28-2)21(13-17)30-31(3,26)27/h4-13H,14-15H2,1-3H3,(H,23,25). The Kier molecular flexibility index (Phi) is 6.86. The van der Waals surface area contributed by atoms with Gasteiger partial charge in [0.15, 0.2) is 11.5 Å². The van der Waals surface area contributed by atoms with Crippen LogP contribution >= 0.6 is 0 Å². The van der Waals surface area contributed by atoms with Crippen LogP contribution in [-0.2, 0) is 23.2 Å². The molecule has 164 valence electrons. The van der Waals surface area contributed by atoms with Crippen molar-refractivity contribution < 1.29 is 26.5 Å². The van der Waals surface area contributed by atoms with E-state index in [9.17, 15) is 13.2 Å². The molecule has 1 heterocycles. The monoisotopic (exact) mass is 444 g/mol. The zero-order valence-corrected chi connectivity index (χ0v) is 18.3. The van der Waals surface area contributed by atoms with E-state index in [1.165, 1.54) is 19.4 Å². The molecule has 0 bridgehead atoms. The number of benzene rings is 2. The number of carbonyl (C=O) groups is 1. The Morgan fingerprint density at radius 1 is 1.06 bits per heavy atom. The van der Waals surface area contributed by atoms with Crippen molar-refractivity contribution in [1.82, 2.24) is 4.90 Å². The molecule has 0 fully saturated rings. The molecule has 0 saturated heterocycles. The normalized spacial score (nSPS) is 11.1. The number of hydrogen-bond acceptors (Lipinski definition) is 6. The van der Waals surface area contributed by atoms with Crippen LogP contribution in [0.1, 0.15) is 16.9 Å². The van der Waals surface area contributed by atoms with E-state index >= 15 is 0 Å². The van der Waals surface area contributed by atoms with E-state index in [2.05, 4.69) is 5.32 Å². The van der Waals surface area contributed by atoms with Crippen molar-refractivity contribution in [2.75, 3.05) is 18.7 Å². The summed E-state index contributed by atoms with van der Waals surface area (Å²) in [5.74, 6) is 0.941. The predicted molar refractivity (Wildman–Crippen MR) is 117 cm³/mol.